The van der Waals surface area contributed by atoms with Crippen LogP contribution in [0.25, 0.3) is 0 Å². The maximum absolute atomic E-state index is 12.4. The van der Waals surface area contributed by atoms with Crippen LogP contribution in [0.2, 0.25) is 0 Å². The van der Waals surface area contributed by atoms with Crippen LogP contribution in [0.5, 0.6) is 0 Å². The molecule has 1 aliphatic rings. The van der Waals surface area contributed by atoms with Crippen LogP contribution in [0, 0.1) is 84.2 Å². The van der Waals surface area contributed by atoms with Gasteiger partial charge < -0.3 is 0 Å². The van der Waals surface area contributed by atoms with Crippen LogP contribution in [0.15, 0.2) is 0 Å². The highest BCUT2D eigenvalue weighted by atomic mass is 19.4. The minimum absolute atomic E-state index is 0. The van der Waals surface area contributed by atoms with E-state index in [0.717, 1.165) is 29.6 Å². The predicted molar refractivity (Wildman–Crippen MR) is 314 cm³/mol. The third kappa shape index (κ3) is 55.1. The zero-order valence-corrected chi connectivity index (χ0v) is 53.5. The Labute approximate surface area is 439 Å². The summed E-state index contributed by atoms with van der Waals surface area (Å²) in [5, 5.41) is 0. The van der Waals surface area contributed by atoms with Crippen LogP contribution in [-0.4, -0.2) is 6.18 Å². The quantitative estimate of drug-likeness (QED) is 0.227. The highest BCUT2D eigenvalue weighted by Crippen LogP contribution is 2.46. The van der Waals surface area contributed by atoms with Crippen molar-refractivity contribution in [1.82, 2.24) is 0 Å². The van der Waals surface area contributed by atoms with Gasteiger partial charge in [-0.25, -0.2) is 0 Å². The van der Waals surface area contributed by atoms with Crippen LogP contribution >= 0.6 is 0 Å². The van der Waals surface area contributed by atoms with Crippen molar-refractivity contribution in [3.05, 3.63) is 0 Å². The van der Waals surface area contributed by atoms with Crippen LogP contribution in [-0.2, 0) is 0 Å². The Morgan fingerprint density at radius 1 is 0.456 bits per heavy atom. The van der Waals surface area contributed by atoms with E-state index >= 15 is 0 Å². The van der Waals surface area contributed by atoms with Crippen LogP contribution in [0.1, 0.15) is 337 Å². The standard InChI is InChI=1S/C15H32.C10H20.C9H17F3.C9H20.C8H18.C7H16.C6H14.CH4/c1-8-12(9-2)14(15(5,6)7)13(10-3)11-4;1-10(2,3)9-7-5-4-6-8-9;1-7(2,3)6-8(4,5)9(10,11)12;1-8(2,3)7-9(4,5)6;1-7(2)6-8(3,4)5;1-6(2)7(3,4)5;1-5-6(2,3)4;/h12-14H,8-11H2,1-7H3;9H,4-8H2,1-3H3;6H2,1-5H3;7H2,1-6H3;7H,6H2,1-5H3;6H,1-5H3;5H2,1-4H3;1H4/i;;;;;6D;5D2;. The monoisotopic (exact) mass is 982 g/mol. The van der Waals surface area contributed by atoms with Crippen LogP contribution in [0.4, 0.5) is 13.2 Å². The molecule has 0 spiro atoms. The lowest BCUT2D eigenvalue weighted by atomic mass is 9.64. The van der Waals surface area contributed by atoms with E-state index in [4.69, 9.17) is 4.11 Å². The Bertz CT molecular complexity index is 1150. The highest BCUT2D eigenvalue weighted by molar-refractivity contribution is 4.85. The Hall–Kier alpha value is -0.210. The molecule has 0 bridgehead atoms. The molecule has 0 nitrogen and oxygen atoms in total. The second kappa shape index (κ2) is 35.1. The fourth-order valence-corrected chi connectivity index (χ4v) is 9.60. The number of alkyl halides is 3. The molecule has 0 aromatic heterocycles. The number of halogens is 3. The zero-order valence-electron chi connectivity index (χ0n) is 56.5. The van der Waals surface area contributed by atoms with Gasteiger partial charge in [-0.2, -0.15) is 13.2 Å². The van der Waals surface area contributed by atoms with E-state index in [2.05, 4.69) is 166 Å². The molecule has 0 amide bonds. The molecule has 0 aliphatic heterocycles. The van der Waals surface area contributed by atoms with Gasteiger partial charge in [0, 0.05) is 4.11 Å². The van der Waals surface area contributed by atoms with E-state index < -0.39 is 18.0 Å². The molecule has 1 fully saturated rings. The van der Waals surface area contributed by atoms with Gasteiger partial charge in [-0.3, -0.25) is 0 Å². The van der Waals surface area contributed by atoms with Crippen molar-refractivity contribution in [2.75, 3.05) is 0 Å². The summed E-state index contributed by atoms with van der Waals surface area (Å²) in [7, 11) is 0. The Balaban J connectivity index is -0.000000136. The third-order valence-corrected chi connectivity index (χ3v) is 13.0. The van der Waals surface area contributed by atoms with E-state index in [1.807, 2.05) is 55.4 Å². The molecule has 0 radical (unpaired) electrons. The summed E-state index contributed by atoms with van der Waals surface area (Å²) >= 11 is 0. The molecule has 0 N–H and O–H groups in total. The maximum atomic E-state index is 12.4. The first kappa shape index (κ1) is 74.3. The highest BCUT2D eigenvalue weighted by Gasteiger charge is 2.48. The molecule has 0 saturated heterocycles. The van der Waals surface area contributed by atoms with Gasteiger partial charge in [0.15, 0.2) is 0 Å². The van der Waals surface area contributed by atoms with E-state index in [1.165, 1.54) is 84.5 Å². The van der Waals surface area contributed by atoms with Gasteiger partial charge in [0.05, 0.1) is 5.41 Å². The van der Waals surface area contributed by atoms with Gasteiger partial charge in [0.2, 0.25) is 0 Å². The van der Waals surface area contributed by atoms with Crippen LogP contribution < -0.4 is 0 Å². The summed E-state index contributed by atoms with van der Waals surface area (Å²) in [4.78, 5) is 0. The van der Waals surface area contributed by atoms with Crippen LogP contribution in [0.3, 0.4) is 0 Å². The van der Waals surface area contributed by atoms with Crippen molar-refractivity contribution in [3.8, 4) is 0 Å². The van der Waals surface area contributed by atoms with Crippen molar-refractivity contribution in [3.63, 3.8) is 0 Å². The minimum Gasteiger partial charge on any atom is -0.171 e. The first-order valence-corrected chi connectivity index (χ1v) is 27.7. The van der Waals surface area contributed by atoms with Crippen molar-refractivity contribution in [2.24, 2.45) is 84.2 Å². The number of hydrogen-bond donors (Lipinski definition) is 0. The summed E-state index contributed by atoms with van der Waals surface area (Å²) < 4.78 is 59.2. The molecular weight excluding hydrogens is 838 g/mol. The van der Waals surface area contributed by atoms with E-state index in [0.29, 0.717) is 27.1 Å². The SMILES string of the molecule is C.CC(C)(C)C1CCCCC1.CC(C)(C)CC(C)(C)C.CC(C)(C)CC(C)(C)C(F)(F)F.CC(C)CC(C)(C)C.CCC(CC)C(C(CC)CC)C(C)(C)C.[2H]C(C)(C)C(C)(C)C.[2H]C([2H])(C)C(C)(C)C. The molecule has 0 heterocycles. The minimum atomic E-state index is -4.10. The van der Waals surface area contributed by atoms with Gasteiger partial charge in [0.1, 0.15) is 0 Å². The average molecular weight is 983 g/mol. The summed E-state index contributed by atoms with van der Waals surface area (Å²) in [5.74, 6) is 4.25. The first-order chi connectivity index (χ1) is 30.1. The first-order valence-electron chi connectivity index (χ1n) is 29.2. The lowest BCUT2D eigenvalue weighted by molar-refractivity contribution is -0.220. The zero-order chi connectivity index (χ0) is 58.4. The summed E-state index contributed by atoms with van der Waals surface area (Å²) in [6.07, 6.45) is 10.4. The van der Waals surface area contributed by atoms with Crippen molar-refractivity contribution in [1.29, 1.82) is 0 Å². The molecule has 3 heteroatoms. The third-order valence-electron chi connectivity index (χ3n) is 13.0. The topological polar surface area (TPSA) is 0 Å². The molecule has 0 unspecified atom stereocenters. The van der Waals surface area contributed by atoms with Gasteiger partial charge in [-0.15, -0.1) is 0 Å². The number of rotatable bonds is 8. The fraction of sp³-hybridized carbons (Fsp3) is 1.00. The normalized spacial score (nSPS) is 15.7. The molecule has 0 aromatic carbocycles. The van der Waals surface area contributed by atoms with Crippen molar-refractivity contribution >= 4 is 0 Å². The summed E-state index contributed by atoms with van der Waals surface area (Å²) in [6.45, 7) is 74.3. The predicted octanol–water partition coefficient (Wildman–Crippen LogP) is 25.5. The second-order valence-corrected chi connectivity index (χ2v) is 31.1. The molecule has 422 valence electrons. The molecule has 1 saturated carbocycles. The van der Waals surface area contributed by atoms with Crippen molar-refractivity contribution in [2.45, 2.75) is 339 Å². The Kier molecular flexibility index (Phi) is 38.3. The molecule has 68 heavy (non-hydrogen) atoms. The maximum Gasteiger partial charge on any atom is 0.393 e. The summed E-state index contributed by atoms with van der Waals surface area (Å²) in [5.41, 5.74) is 0.544. The van der Waals surface area contributed by atoms with Gasteiger partial charge >= 0.3 is 6.18 Å². The smallest absolute Gasteiger partial charge is 0.171 e. The van der Waals surface area contributed by atoms with E-state index in [9.17, 15) is 13.2 Å². The largest absolute Gasteiger partial charge is 0.393 e. The van der Waals surface area contributed by atoms with Gasteiger partial charge in [-0.1, -0.05) is 301 Å². The van der Waals surface area contributed by atoms with E-state index in [1.54, 1.807) is 6.92 Å². The lowest BCUT2D eigenvalue weighted by Gasteiger charge is -2.42. The number of hydrogen-bond acceptors (Lipinski definition) is 0. The average Bonchev–Trinajstić information content (AvgIpc) is 3.04. The molecule has 0 aromatic rings. The van der Waals surface area contributed by atoms with Gasteiger partial charge in [0.25, 0.3) is 0 Å². The van der Waals surface area contributed by atoms with Crippen molar-refractivity contribution < 1.29 is 17.3 Å². The molecular formula is C65H141F3. The molecule has 0 atom stereocenters. The fourth-order valence-electron chi connectivity index (χ4n) is 9.60. The molecule has 1 aliphatic carbocycles. The summed E-state index contributed by atoms with van der Waals surface area (Å²) in [6, 6.07) is 0. The van der Waals surface area contributed by atoms with E-state index in [-0.39, 0.29) is 36.0 Å². The van der Waals surface area contributed by atoms with Gasteiger partial charge in [-0.05, 0) is 111 Å². The molecule has 1 rings (SSSR count). The Morgan fingerprint density at radius 3 is 0.824 bits per heavy atom. The second-order valence-electron chi connectivity index (χ2n) is 31.1. The lowest BCUT2D eigenvalue weighted by Crippen LogP contribution is -2.35. The Morgan fingerprint density at radius 2 is 0.735 bits per heavy atom.